The van der Waals surface area contributed by atoms with Crippen LogP contribution in [0.2, 0.25) is 0 Å². The summed E-state index contributed by atoms with van der Waals surface area (Å²) in [6.07, 6.45) is -3.74. The first-order chi connectivity index (χ1) is 18.6. The first-order valence-electron chi connectivity index (χ1n) is 12.0. The van der Waals surface area contributed by atoms with Gasteiger partial charge in [-0.05, 0) is 55.2 Å². The molecule has 4 aromatic rings. The van der Waals surface area contributed by atoms with Gasteiger partial charge in [-0.15, -0.1) is 13.2 Å². The van der Waals surface area contributed by atoms with Crippen LogP contribution < -0.4 is 10.6 Å². The van der Waals surface area contributed by atoms with E-state index in [4.69, 9.17) is 8.94 Å². The number of oxazole rings is 1. The van der Waals surface area contributed by atoms with Crippen molar-refractivity contribution in [3.8, 4) is 22.8 Å². The molecular weight excluding hydrogens is 519 g/mol. The summed E-state index contributed by atoms with van der Waals surface area (Å²) in [5.41, 5.74) is 3.99. The maximum atomic E-state index is 12.9. The summed E-state index contributed by atoms with van der Waals surface area (Å²) >= 11 is 0. The van der Waals surface area contributed by atoms with E-state index in [0.29, 0.717) is 16.8 Å². The predicted molar refractivity (Wildman–Crippen MR) is 130 cm³/mol. The second-order valence-corrected chi connectivity index (χ2v) is 9.42. The SMILES string of the molecule is Cc1ccc(-c2noc(C3CC(OC(F)(F)F)C3)n2)cc1NC(=O)c1cnc(-c2ccc3c(c2)CC(=O)N3)o1. The molecule has 1 saturated carbocycles. The number of aryl methyl sites for hydroxylation is 1. The van der Waals surface area contributed by atoms with Crippen molar-refractivity contribution in [1.29, 1.82) is 0 Å². The normalized spacial score (nSPS) is 18.4. The third-order valence-corrected chi connectivity index (χ3v) is 6.64. The van der Waals surface area contributed by atoms with Crippen LogP contribution in [0.3, 0.4) is 0 Å². The molecule has 0 bridgehead atoms. The number of halogens is 3. The van der Waals surface area contributed by atoms with Crippen LogP contribution >= 0.6 is 0 Å². The number of carbonyl (C=O) groups excluding carboxylic acids is 2. The largest absolute Gasteiger partial charge is 0.522 e. The fourth-order valence-corrected chi connectivity index (χ4v) is 4.53. The monoisotopic (exact) mass is 539 g/mol. The molecule has 2 aromatic heterocycles. The van der Waals surface area contributed by atoms with Gasteiger partial charge in [-0.2, -0.15) is 4.98 Å². The van der Waals surface area contributed by atoms with E-state index in [9.17, 15) is 22.8 Å². The molecule has 10 nitrogen and oxygen atoms in total. The highest BCUT2D eigenvalue weighted by Gasteiger charge is 2.42. The van der Waals surface area contributed by atoms with Crippen molar-refractivity contribution >= 4 is 23.2 Å². The van der Waals surface area contributed by atoms with Crippen molar-refractivity contribution in [2.45, 2.75) is 44.6 Å². The molecule has 1 aliphatic carbocycles. The molecule has 39 heavy (non-hydrogen) atoms. The average molecular weight is 539 g/mol. The summed E-state index contributed by atoms with van der Waals surface area (Å²) in [4.78, 5) is 33.0. The van der Waals surface area contributed by atoms with E-state index in [1.165, 1.54) is 6.20 Å². The van der Waals surface area contributed by atoms with Gasteiger partial charge in [-0.3, -0.25) is 14.3 Å². The molecule has 6 rings (SSSR count). The minimum atomic E-state index is -4.67. The molecule has 0 spiro atoms. The van der Waals surface area contributed by atoms with E-state index in [1.807, 2.05) is 6.92 Å². The lowest BCUT2D eigenvalue weighted by Crippen LogP contribution is -2.34. The highest BCUT2D eigenvalue weighted by Crippen LogP contribution is 2.41. The molecule has 2 aliphatic rings. The first kappa shape index (κ1) is 24.8. The van der Waals surface area contributed by atoms with Crippen LogP contribution in [-0.4, -0.2) is 39.4 Å². The Kier molecular flexibility index (Phi) is 5.94. The Morgan fingerprint density at radius 2 is 1.95 bits per heavy atom. The number of alkyl halides is 3. The smallest absolute Gasteiger partial charge is 0.431 e. The molecule has 2 amide bonds. The van der Waals surface area contributed by atoms with Crippen LogP contribution in [0.25, 0.3) is 22.8 Å². The van der Waals surface area contributed by atoms with Crippen LogP contribution in [0.4, 0.5) is 24.5 Å². The number of fused-ring (bicyclic) bond motifs is 1. The second-order valence-electron chi connectivity index (χ2n) is 9.42. The molecule has 2 N–H and O–H groups in total. The van der Waals surface area contributed by atoms with Crippen LogP contribution in [0.1, 0.15) is 46.3 Å². The zero-order valence-electron chi connectivity index (χ0n) is 20.3. The number of rotatable bonds is 6. The Hall–Kier alpha value is -4.52. The van der Waals surface area contributed by atoms with E-state index < -0.39 is 18.4 Å². The highest BCUT2D eigenvalue weighted by atomic mass is 19.4. The number of amides is 2. The molecule has 0 unspecified atom stereocenters. The first-order valence-corrected chi connectivity index (χ1v) is 12.0. The third-order valence-electron chi connectivity index (χ3n) is 6.64. The molecule has 1 fully saturated rings. The Labute approximate surface area is 218 Å². The molecule has 0 radical (unpaired) electrons. The summed E-state index contributed by atoms with van der Waals surface area (Å²) < 4.78 is 52.0. The number of hydrogen-bond acceptors (Lipinski definition) is 8. The van der Waals surface area contributed by atoms with Gasteiger partial charge < -0.3 is 19.6 Å². The zero-order chi connectivity index (χ0) is 27.3. The van der Waals surface area contributed by atoms with Crippen molar-refractivity contribution in [3.05, 3.63) is 65.4 Å². The van der Waals surface area contributed by atoms with Crippen LogP contribution in [0, 0.1) is 6.92 Å². The topological polar surface area (TPSA) is 132 Å². The number of nitrogens with one attached hydrogen (secondary N) is 2. The lowest BCUT2D eigenvalue weighted by atomic mass is 9.82. The van der Waals surface area contributed by atoms with Crippen molar-refractivity contribution in [1.82, 2.24) is 15.1 Å². The van der Waals surface area contributed by atoms with Crippen LogP contribution in [0.5, 0.6) is 0 Å². The van der Waals surface area contributed by atoms with Crippen LogP contribution in [0.15, 0.2) is 51.5 Å². The van der Waals surface area contributed by atoms with Gasteiger partial charge in [-0.25, -0.2) is 4.98 Å². The summed E-state index contributed by atoms with van der Waals surface area (Å²) in [5, 5.41) is 9.50. The van der Waals surface area contributed by atoms with Gasteiger partial charge in [0.25, 0.3) is 5.91 Å². The lowest BCUT2D eigenvalue weighted by Gasteiger charge is -2.32. The maximum absolute atomic E-state index is 12.9. The molecule has 200 valence electrons. The average Bonchev–Trinajstić information content (AvgIpc) is 3.60. The Morgan fingerprint density at radius 3 is 2.74 bits per heavy atom. The number of benzene rings is 2. The standard InChI is InChI=1S/C26H20F3N5O5/c1-12-2-3-13(22-33-25(39-34-22)16-7-17(8-16)38-26(27,28)29)9-19(12)32-23(36)20-11-30-24(37-20)14-4-5-18-15(6-14)10-21(35)31-18/h2-6,9,11,16-17H,7-8,10H2,1H3,(H,31,35)(H,32,36). The van der Waals surface area contributed by atoms with Gasteiger partial charge in [0.2, 0.25) is 29.3 Å². The number of carbonyl (C=O) groups is 2. The fourth-order valence-electron chi connectivity index (χ4n) is 4.53. The Balaban J connectivity index is 1.14. The molecule has 0 saturated heterocycles. The Bertz CT molecular complexity index is 1590. The Morgan fingerprint density at radius 1 is 1.15 bits per heavy atom. The van der Waals surface area contributed by atoms with Gasteiger partial charge in [-0.1, -0.05) is 17.3 Å². The molecule has 3 heterocycles. The van der Waals surface area contributed by atoms with E-state index in [0.717, 1.165) is 16.8 Å². The maximum Gasteiger partial charge on any atom is 0.522 e. The van der Waals surface area contributed by atoms with E-state index in [-0.39, 0.29) is 54.5 Å². The van der Waals surface area contributed by atoms with Gasteiger partial charge >= 0.3 is 6.36 Å². The summed E-state index contributed by atoms with van der Waals surface area (Å²) in [6.45, 7) is 1.81. The van der Waals surface area contributed by atoms with Crippen molar-refractivity contribution in [2.75, 3.05) is 10.6 Å². The van der Waals surface area contributed by atoms with E-state index >= 15 is 0 Å². The predicted octanol–water partition coefficient (Wildman–Crippen LogP) is 5.23. The number of ether oxygens (including phenoxy) is 1. The fraction of sp³-hybridized carbons (Fsp3) is 0.269. The number of hydrogen-bond donors (Lipinski definition) is 2. The second kappa shape index (κ2) is 9.34. The minimum Gasteiger partial charge on any atom is -0.431 e. The third kappa shape index (κ3) is 5.12. The molecule has 13 heteroatoms. The van der Waals surface area contributed by atoms with Gasteiger partial charge in [0.05, 0.1) is 18.7 Å². The van der Waals surface area contributed by atoms with Crippen molar-refractivity contribution in [2.24, 2.45) is 0 Å². The summed E-state index contributed by atoms with van der Waals surface area (Å²) in [5.74, 6) is -0.210. The van der Waals surface area contributed by atoms with Gasteiger partial charge in [0.15, 0.2) is 0 Å². The minimum absolute atomic E-state index is 0.00744. The van der Waals surface area contributed by atoms with Crippen LogP contribution in [-0.2, 0) is 16.0 Å². The quantitative estimate of drug-likeness (QED) is 0.341. The molecule has 0 atom stereocenters. The summed E-state index contributed by atoms with van der Waals surface area (Å²) in [7, 11) is 0. The number of nitrogens with zero attached hydrogens (tertiary/aromatic N) is 3. The molecule has 1 aliphatic heterocycles. The highest BCUT2D eigenvalue weighted by molar-refractivity contribution is 6.03. The van der Waals surface area contributed by atoms with Gasteiger partial charge in [0, 0.05) is 28.4 Å². The molecular formula is C26H20F3N5O5. The summed E-state index contributed by atoms with van der Waals surface area (Å²) in [6, 6.07) is 10.5. The number of aromatic nitrogens is 3. The van der Waals surface area contributed by atoms with Gasteiger partial charge in [0.1, 0.15) is 0 Å². The zero-order valence-corrected chi connectivity index (χ0v) is 20.3. The van der Waals surface area contributed by atoms with Crippen molar-refractivity contribution in [3.63, 3.8) is 0 Å². The number of anilines is 2. The van der Waals surface area contributed by atoms with E-state index in [2.05, 4.69) is 30.5 Å². The molecule has 2 aromatic carbocycles. The lowest BCUT2D eigenvalue weighted by molar-refractivity contribution is -0.352. The van der Waals surface area contributed by atoms with Crippen molar-refractivity contribution < 1.29 is 36.4 Å². The van der Waals surface area contributed by atoms with E-state index in [1.54, 1.807) is 36.4 Å².